The number of carbonyl (C=O) groups is 2. The predicted octanol–water partition coefficient (Wildman–Crippen LogP) is 1.29. The number of nitrogens with zero attached hydrogens (tertiary/aromatic N) is 2. The van der Waals surface area contributed by atoms with Gasteiger partial charge in [-0.1, -0.05) is 41.7 Å². The molecule has 116 valence electrons. The minimum absolute atomic E-state index is 0.0887. The Morgan fingerprint density at radius 3 is 2.68 bits per heavy atom. The van der Waals surface area contributed by atoms with E-state index in [-0.39, 0.29) is 18.4 Å². The quantitative estimate of drug-likeness (QED) is 0.836. The smallest absolute Gasteiger partial charge is 0.248 e. The maximum Gasteiger partial charge on any atom is 0.248 e. The molecule has 2 rings (SSSR count). The highest BCUT2D eigenvalue weighted by atomic mass is 32.1. The lowest BCUT2D eigenvalue weighted by atomic mass is 10.2. The molecule has 0 spiro atoms. The van der Waals surface area contributed by atoms with Crippen molar-refractivity contribution in [2.45, 2.75) is 13.0 Å². The molecule has 8 heteroatoms. The number of hydrogen-bond acceptors (Lipinski definition) is 6. The fourth-order valence-corrected chi connectivity index (χ4v) is 2.42. The van der Waals surface area contributed by atoms with Crippen LogP contribution in [0.2, 0.25) is 0 Å². The summed E-state index contributed by atoms with van der Waals surface area (Å²) in [6.07, 6.45) is 0. The van der Waals surface area contributed by atoms with E-state index in [0.29, 0.717) is 10.1 Å². The number of aromatic nitrogens is 2. The number of ether oxygens (including phenoxy) is 1. The topological polar surface area (TPSA) is 93.2 Å². The maximum atomic E-state index is 12.0. The van der Waals surface area contributed by atoms with Crippen LogP contribution in [0.25, 0.3) is 10.6 Å². The zero-order valence-electron chi connectivity index (χ0n) is 12.2. The molecule has 1 aromatic heterocycles. The van der Waals surface area contributed by atoms with E-state index in [1.54, 1.807) is 6.92 Å². The lowest BCUT2D eigenvalue weighted by Gasteiger charge is -2.12. The van der Waals surface area contributed by atoms with Gasteiger partial charge in [-0.2, -0.15) is 0 Å². The highest BCUT2D eigenvalue weighted by Gasteiger charge is 2.17. The molecule has 0 aliphatic heterocycles. The van der Waals surface area contributed by atoms with Crippen LogP contribution in [-0.2, 0) is 14.3 Å². The van der Waals surface area contributed by atoms with Gasteiger partial charge < -0.3 is 10.1 Å². The minimum Gasteiger partial charge on any atom is -0.375 e. The summed E-state index contributed by atoms with van der Waals surface area (Å²) in [5.41, 5.74) is 0.932. The maximum absolute atomic E-state index is 12.0. The van der Waals surface area contributed by atoms with Crippen LogP contribution in [0.3, 0.4) is 0 Å². The lowest BCUT2D eigenvalue weighted by Crippen LogP contribution is -2.43. The van der Waals surface area contributed by atoms with Crippen LogP contribution in [0.5, 0.6) is 0 Å². The van der Waals surface area contributed by atoms with Crippen molar-refractivity contribution in [2.75, 3.05) is 19.0 Å². The second kappa shape index (κ2) is 7.62. The predicted molar refractivity (Wildman–Crippen MR) is 83.5 cm³/mol. The van der Waals surface area contributed by atoms with Gasteiger partial charge in [0.1, 0.15) is 17.7 Å². The van der Waals surface area contributed by atoms with Gasteiger partial charge in [0.05, 0.1) is 0 Å². The van der Waals surface area contributed by atoms with Crippen molar-refractivity contribution >= 4 is 28.3 Å². The van der Waals surface area contributed by atoms with E-state index in [0.717, 1.165) is 5.56 Å². The number of nitrogens with one attached hydrogen (secondary N) is 2. The average Bonchev–Trinajstić information content (AvgIpc) is 2.96. The third kappa shape index (κ3) is 4.34. The van der Waals surface area contributed by atoms with Crippen LogP contribution in [0.1, 0.15) is 6.92 Å². The lowest BCUT2D eigenvalue weighted by molar-refractivity contribution is -0.128. The molecule has 0 aliphatic rings. The highest BCUT2D eigenvalue weighted by Crippen LogP contribution is 2.25. The second-order valence-electron chi connectivity index (χ2n) is 4.49. The third-order valence-corrected chi connectivity index (χ3v) is 3.61. The van der Waals surface area contributed by atoms with Crippen molar-refractivity contribution in [3.8, 4) is 10.6 Å². The Labute approximate surface area is 131 Å². The molecular formula is C14H16N4O3S. The highest BCUT2D eigenvalue weighted by molar-refractivity contribution is 7.18. The summed E-state index contributed by atoms with van der Waals surface area (Å²) in [6.45, 7) is 1.50. The summed E-state index contributed by atoms with van der Waals surface area (Å²) < 4.78 is 4.69. The molecule has 1 atom stereocenters. The Morgan fingerprint density at radius 1 is 1.27 bits per heavy atom. The van der Waals surface area contributed by atoms with Crippen molar-refractivity contribution in [2.24, 2.45) is 0 Å². The van der Waals surface area contributed by atoms with Crippen LogP contribution in [0.4, 0.5) is 5.13 Å². The summed E-state index contributed by atoms with van der Waals surface area (Å²) >= 11 is 1.27. The molecule has 0 aliphatic carbocycles. The fourth-order valence-electron chi connectivity index (χ4n) is 1.66. The molecule has 1 heterocycles. The first kappa shape index (κ1) is 16.1. The summed E-state index contributed by atoms with van der Waals surface area (Å²) in [6, 6.07) is 8.87. The zero-order chi connectivity index (χ0) is 15.9. The zero-order valence-corrected chi connectivity index (χ0v) is 13.0. The van der Waals surface area contributed by atoms with Crippen molar-refractivity contribution in [1.29, 1.82) is 0 Å². The van der Waals surface area contributed by atoms with Crippen LogP contribution >= 0.6 is 11.3 Å². The Morgan fingerprint density at radius 2 is 2.00 bits per heavy atom. The molecule has 2 amide bonds. The van der Waals surface area contributed by atoms with E-state index in [1.165, 1.54) is 18.4 Å². The number of rotatable bonds is 6. The first-order valence-electron chi connectivity index (χ1n) is 6.58. The Kier molecular flexibility index (Phi) is 5.56. The molecule has 2 aromatic rings. The summed E-state index contributed by atoms with van der Waals surface area (Å²) in [4.78, 5) is 23.3. The van der Waals surface area contributed by atoms with E-state index in [2.05, 4.69) is 20.8 Å². The van der Waals surface area contributed by atoms with E-state index >= 15 is 0 Å². The number of carbonyl (C=O) groups excluding carboxylic acids is 2. The van der Waals surface area contributed by atoms with Crippen LogP contribution in [-0.4, -0.2) is 41.8 Å². The SMILES string of the molecule is COCC(=O)N[C@H](C)C(=O)Nc1nnc(-c2ccccc2)s1. The van der Waals surface area contributed by atoms with E-state index in [1.807, 2.05) is 30.3 Å². The van der Waals surface area contributed by atoms with Gasteiger partial charge >= 0.3 is 0 Å². The monoisotopic (exact) mass is 320 g/mol. The van der Waals surface area contributed by atoms with Gasteiger partial charge in [0.15, 0.2) is 0 Å². The van der Waals surface area contributed by atoms with Crippen molar-refractivity contribution in [1.82, 2.24) is 15.5 Å². The Hall–Kier alpha value is -2.32. The van der Waals surface area contributed by atoms with Gasteiger partial charge in [-0.25, -0.2) is 0 Å². The number of anilines is 1. The first-order valence-corrected chi connectivity index (χ1v) is 7.40. The number of methoxy groups -OCH3 is 1. The van der Waals surface area contributed by atoms with Gasteiger partial charge in [0, 0.05) is 12.7 Å². The van der Waals surface area contributed by atoms with Crippen LogP contribution in [0.15, 0.2) is 30.3 Å². The summed E-state index contributed by atoms with van der Waals surface area (Å²) in [7, 11) is 1.41. The molecule has 22 heavy (non-hydrogen) atoms. The largest absolute Gasteiger partial charge is 0.375 e. The number of amides is 2. The van der Waals surface area contributed by atoms with Crippen molar-refractivity contribution in [3.05, 3.63) is 30.3 Å². The van der Waals surface area contributed by atoms with Gasteiger partial charge in [-0.15, -0.1) is 10.2 Å². The standard InChI is InChI=1S/C14H16N4O3S/c1-9(15-11(19)8-21-2)12(20)16-14-18-17-13(22-14)10-6-4-3-5-7-10/h3-7,9H,8H2,1-2H3,(H,15,19)(H,16,18,20)/t9-/m1/s1. The van der Waals surface area contributed by atoms with Gasteiger partial charge in [0.2, 0.25) is 16.9 Å². The van der Waals surface area contributed by atoms with Gasteiger partial charge in [0.25, 0.3) is 0 Å². The van der Waals surface area contributed by atoms with Gasteiger partial charge in [-0.3, -0.25) is 14.9 Å². The fraction of sp³-hybridized carbons (Fsp3) is 0.286. The van der Waals surface area contributed by atoms with Crippen molar-refractivity contribution in [3.63, 3.8) is 0 Å². The average molecular weight is 320 g/mol. The van der Waals surface area contributed by atoms with Gasteiger partial charge in [-0.05, 0) is 6.92 Å². The molecule has 0 fully saturated rings. The van der Waals surface area contributed by atoms with Crippen LogP contribution < -0.4 is 10.6 Å². The minimum atomic E-state index is -0.688. The normalized spacial score (nSPS) is 11.7. The third-order valence-electron chi connectivity index (χ3n) is 2.72. The Bertz CT molecular complexity index is 645. The number of hydrogen-bond donors (Lipinski definition) is 2. The second-order valence-corrected chi connectivity index (χ2v) is 5.47. The molecule has 0 saturated carbocycles. The molecule has 7 nitrogen and oxygen atoms in total. The molecule has 1 aromatic carbocycles. The van der Waals surface area contributed by atoms with E-state index < -0.39 is 6.04 Å². The van der Waals surface area contributed by atoms with E-state index in [9.17, 15) is 9.59 Å². The molecular weight excluding hydrogens is 304 g/mol. The first-order chi connectivity index (χ1) is 10.6. The molecule has 2 N–H and O–H groups in total. The Balaban J connectivity index is 1.95. The molecule has 0 radical (unpaired) electrons. The summed E-state index contributed by atoms with van der Waals surface area (Å²) in [5.74, 6) is -0.715. The van der Waals surface area contributed by atoms with Crippen LogP contribution in [0, 0.1) is 0 Å². The number of benzene rings is 1. The van der Waals surface area contributed by atoms with E-state index in [4.69, 9.17) is 4.74 Å². The van der Waals surface area contributed by atoms with Crippen molar-refractivity contribution < 1.29 is 14.3 Å². The summed E-state index contributed by atoms with van der Waals surface area (Å²) in [5, 5.41) is 14.2. The molecule has 0 bridgehead atoms. The molecule has 0 saturated heterocycles. The molecule has 0 unspecified atom stereocenters.